The van der Waals surface area contributed by atoms with Crippen molar-refractivity contribution in [2.45, 2.75) is 0 Å². The monoisotopic (exact) mass is 791 g/mol. The predicted octanol–water partition coefficient (Wildman–Crippen LogP) is 14.4. The molecule has 290 valence electrons. The highest BCUT2D eigenvalue weighted by atomic mass is 15.2. The Balaban J connectivity index is 1.17. The smallest absolute Gasteiger partial charge is 0.238 e. The van der Waals surface area contributed by atoms with E-state index in [2.05, 4.69) is 197 Å². The van der Waals surface area contributed by atoms with Crippen molar-refractivity contribution in [1.82, 2.24) is 24.1 Å². The maximum atomic E-state index is 5.25. The predicted molar refractivity (Wildman–Crippen MR) is 256 cm³/mol. The SMILES string of the molecule is c1ccc(-c2ccc(-c3cccc(-c4ccccc4)c3-n3c4ccccc4c4cc5c6ccccc6n(-c6nc(-c7ccccc7)nc(-c7ccccc7)n6)c5cc43)cc2)cc1. The molecule has 0 fully saturated rings. The topological polar surface area (TPSA) is 48.5 Å². The summed E-state index contributed by atoms with van der Waals surface area (Å²) in [4.78, 5) is 15.5. The Morgan fingerprint density at radius 3 is 1.21 bits per heavy atom. The first kappa shape index (κ1) is 35.5. The zero-order valence-electron chi connectivity index (χ0n) is 33.6. The van der Waals surface area contributed by atoms with Gasteiger partial charge in [0.05, 0.1) is 27.8 Å². The van der Waals surface area contributed by atoms with Gasteiger partial charge in [-0.3, -0.25) is 4.57 Å². The molecule has 0 spiro atoms. The quantitative estimate of drug-likeness (QED) is 0.162. The summed E-state index contributed by atoms with van der Waals surface area (Å²) in [5.41, 5.74) is 14.2. The molecule has 9 aromatic carbocycles. The molecule has 3 aromatic heterocycles. The number of para-hydroxylation sites is 3. The van der Waals surface area contributed by atoms with Crippen molar-refractivity contribution in [3.8, 4) is 67.8 Å². The largest absolute Gasteiger partial charge is 0.308 e. The number of fused-ring (bicyclic) bond motifs is 6. The molecule has 0 bridgehead atoms. The summed E-state index contributed by atoms with van der Waals surface area (Å²) < 4.78 is 4.70. The van der Waals surface area contributed by atoms with Crippen LogP contribution < -0.4 is 0 Å². The van der Waals surface area contributed by atoms with Crippen LogP contribution in [0.15, 0.2) is 224 Å². The van der Waals surface area contributed by atoms with Gasteiger partial charge < -0.3 is 4.57 Å². The maximum absolute atomic E-state index is 5.25. The van der Waals surface area contributed by atoms with E-state index in [0.717, 1.165) is 71.9 Å². The van der Waals surface area contributed by atoms with E-state index in [1.165, 1.54) is 21.9 Å². The van der Waals surface area contributed by atoms with Crippen molar-refractivity contribution in [3.63, 3.8) is 0 Å². The third kappa shape index (κ3) is 5.90. The van der Waals surface area contributed by atoms with Crippen LogP contribution in [0.2, 0.25) is 0 Å². The molecule has 0 atom stereocenters. The minimum absolute atomic E-state index is 0.565. The van der Waals surface area contributed by atoms with Gasteiger partial charge in [0, 0.05) is 43.8 Å². The molecule has 0 aliphatic carbocycles. The normalized spacial score (nSPS) is 11.5. The third-order valence-corrected chi connectivity index (χ3v) is 12.0. The summed E-state index contributed by atoms with van der Waals surface area (Å²) in [6.07, 6.45) is 0. The lowest BCUT2D eigenvalue weighted by Crippen LogP contribution is -2.06. The molecule has 5 nitrogen and oxygen atoms in total. The molecule has 0 saturated carbocycles. The van der Waals surface area contributed by atoms with Crippen molar-refractivity contribution < 1.29 is 0 Å². The molecule has 0 N–H and O–H groups in total. The lowest BCUT2D eigenvalue weighted by molar-refractivity contribution is 0.953. The fourth-order valence-electron chi connectivity index (χ4n) is 9.13. The highest BCUT2D eigenvalue weighted by Crippen LogP contribution is 2.44. The summed E-state index contributed by atoms with van der Waals surface area (Å²) >= 11 is 0. The van der Waals surface area contributed by atoms with E-state index in [1.807, 2.05) is 36.4 Å². The van der Waals surface area contributed by atoms with E-state index in [-0.39, 0.29) is 0 Å². The number of rotatable bonds is 7. The molecule has 12 rings (SSSR count). The lowest BCUT2D eigenvalue weighted by atomic mass is 9.94. The van der Waals surface area contributed by atoms with E-state index in [4.69, 9.17) is 15.0 Å². The third-order valence-electron chi connectivity index (χ3n) is 12.0. The maximum Gasteiger partial charge on any atom is 0.238 e. The molecule has 0 unspecified atom stereocenters. The van der Waals surface area contributed by atoms with Gasteiger partial charge in [0.1, 0.15) is 0 Å². The summed E-state index contributed by atoms with van der Waals surface area (Å²) in [7, 11) is 0. The van der Waals surface area contributed by atoms with Gasteiger partial charge in [0.25, 0.3) is 0 Å². The van der Waals surface area contributed by atoms with Crippen molar-refractivity contribution in [1.29, 1.82) is 0 Å². The molecule has 0 aliphatic heterocycles. The van der Waals surface area contributed by atoms with Crippen molar-refractivity contribution in [2.24, 2.45) is 0 Å². The molecule has 3 heterocycles. The Morgan fingerprint density at radius 1 is 0.258 bits per heavy atom. The average molecular weight is 792 g/mol. The molecular formula is C57H37N5. The number of hydrogen-bond donors (Lipinski definition) is 0. The van der Waals surface area contributed by atoms with Crippen LogP contribution in [0.4, 0.5) is 0 Å². The molecule has 0 aliphatic rings. The minimum Gasteiger partial charge on any atom is -0.308 e. The highest BCUT2D eigenvalue weighted by Gasteiger charge is 2.24. The van der Waals surface area contributed by atoms with Crippen molar-refractivity contribution >= 4 is 43.6 Å². The molecule has 0 radical (unpaired) electrons. The van der Waals surface area contributed by atoms with Gasteiger partial charge in [0.15, 0.2) is 11.6 Å². The zero-order chi connectivity index (χ0) is 41.0. The van der Waals surface area contributed by atoms with Crippen LogP contribution in [-0.2, 0) is 0 Å². The highest BCUT2D eigenvalue weighted by molar-refractivity contribution is 6.19. The van der Waals surface area contributed by atoms with E-state index in [9.17, 15) is 0 Å². The summed E-state index contributed by atoms with van der Waals surface area (Å²) in [6, 6.07) is 79.5. The van der Waals surface area contributed by atoms with Crippen LogP contribution >= 0.6 is 0 Å². The second kappa shape index (κ2) is 14.7. The zero-order valence-corrected chi connectivity index (χ0v) is 33.6. The molecule has 5 heteroatoms. The van der Waals surface area contributed by atoms with Gasteiger partial charge in [-0.05, 0) is 46.5 Å². The van der Waals surface area contributed by atoms with Gasteiger partial charge in [-0.25, -0.2) is 4.98 Å². The number of hydrogen-bond acceptors (Lipinski definition) is 3. The van der Waals surface area contributed by atoms with Crippen LogP contribution in [0.5, 0.6) is 0 Å². The second-order valence-electron chi connectivity index (χ2n) is 15.6. The van der Waals surface area contributed by atoms with Crippen LogP contribution in [-0.4, -0.2) is 24.1 Å². The van der Waals surface area contributed by atoms with Crippen LogP contribution in [0.1, 0.15) is 0 Å². The Morgan fingerprint density at radius 2 is 0.661 bits per heavy atom. The van der Waals surface area contributed by atoms with Crippen molar-refractivity contribution in [2.75, 3.05) is 0 Å². The first-order chi connectivity index (χ1) is 30.8. The molecule has 12 aromatic rings. The van der Waals surface area contributed by atoms with Gasteiger partial charge in [0.2, 0.25) is 5.95 Å². The van der Waals surface area contributed by atoms with E-state index < -0.39 is 0 Å². The number of benzene rings is 9. The second-order valence-corrected chi connectivity index (χ2v) is 15.6. The van der Waals surface area contributed by atoms with Crippen LogP contribution in [0.25, 0.3) is 111 Å². The average Bonchev–Trinajstić information content (AvgIpc) is 3.85. The standard InChI is InChI=1S/C57H37N5/c1-5-18-38(19-6-1)39-32-34-41(35-33-39)45-29-17-28-44(40-20-7-2-8-21-40)54(45)61-50-30-15-13-26-46(50)48-36-49-47-27-14-16-31-51(47)62(53(49)37-52(48)61)57-59-55(42-22-9-3-10-23-42)58-56(60-57)43-24-11-4-12-25-43/h1-37H. The number of aromatic nitrogens is 5. The van der Waals surface area contributed by atoms with E-state index in [1.54, 1.807) is 0 Å². The summed E-state index contributed by atoms with van der Waals surface area (Å²) in [5.74, 6) is 1.81. The van der Waals surface area contributed by atoms with Crippen molar-refractivity contribution in [3.05, 3.63) is 224 Å². The van der Waals surface area contributed by atoms with E-state index in [0.29, 0.717) is 17.6 Å². The van der Waals surface area contributed by atoms with E-state index >= 15 is 0 Å². The van der Waals surface area contributed by atoms with Gasteiger partial charge in [-0.2, -0.15) is 9.97 Å². The van der Waals surface area contributed by atoms with Gasteiger partial charge >= 0.3 is 0 Å². The Labute approximate surface area is 358 Å². The molecule has 0 saturated heterocycles. The summed E-state index contributed by atoms with van der Waals surface area (Å²) in [5, 5.41) is 4.63. The summed E-state index contributed by atoms with van der Waals surface area (Å²) in [6.45, 7) is 0. The molecule has 62 heavy (non-hydrogen) atoms. The Kier molecular flexibility index (Phi) is 8.42. The first-order valence-electron chi connectivity index (χ1n) is 21.0. The molecular weight excluding hydrogens is 755 g/mol. The van der Waals surface area contributed by atoms with Crippen LogP contribution in [0.3, 0.4) is 0 Å². The fraction of sp³-hybridized carbons (Fsp3) is 0. The molecule has 0 amide bonds. The first-order valence-corrected chi connectivity index (χ1v) is 21.0. The van der Waals surface area contributed by atoms with Gasteiger partial charge in [-0.1, -0.05) is 200 Å². The fourth-order valence-corrected chi connectivity index (χ4v) is 9.13. The number of nitrogens with zero attached hydrogens (tertiary/aromatic N) is 5. The Hall–Kier alpha value is -8.41. The Bertz CT molecular complexity index is 3540. The lowest BCUT2D eigenvalue weighted by Gasteiger charge is -2.19. The minimum atomic E-state index is 0.565. The van der Waals surface area contributed by atoms with Gasteiger partial charge in [-0.15, -0.1) is 0 Å². The van der Waals surface area contributed by atoms with Crippen LogP contribution in [0, 0.1) is 0 Å².